The van der Waals surface area contributed by atoms with Crippen LogP contribution in [0.15, 0.2) is 16.5 Å². The van der Waals surface area contributed by atoms with Crippen LogP contribution in [0.1, 0.15) is 41.1 Å². The highest BCUT2D eigenvalue weighted by molar-refractivity contribution is 6.35. The van der Waals surface area contributed by atoms with E-state index < -0.39 is 0 Å². The number of ether oxygens (including phenoxy) is 2. The van der Waals surface area contributed by atoms with Gasteiger partial charge in [-0.2, -0.15) is 5.26 Å². The van der Waals surface area contributed by atoms with Gasteiger partial charge in [-0.3, -0.25) is 4.79 Å². The van der Waals surface area contributed by atoms with Gasteiger partial charge in [0.15, 0.2) is 11.5 Å². The number of nitrogens with zero attached hydrogens (tertiary/aromatic N) is 1. The number of furan rings is 1. The van der Waals surface area contributed by atoms with E-state index in [4.69, 9.17) is 13.9 Å². The Morgan fingerprint density at radius 2 is 1.92 bits per heavy atom. The second-order valence-corrected chi connectivity index (χ2v) is 6.33. The van der Waals surface area contributed by atoms with Crippen LogP contribution >= 0.6 is 0 Å². The summed E-state index contributed by atoms with van der Waals surface area (Å²) in [6, 6.07) is 5.73. The number of fused-ring (bicyclic) bond motifs is 2. The summed E-state index contributed by atoms with van der Waals surface area (Å²) in [5.41, 5.74) is 3.31. The number of nitriles is 1. The minimum atomic E-state index is -0.242. The molecule has 6 heteroatoms. The number of nitrogens with one attached hydrogen (secondary N) is 1. The largest absolute Gasteiger partial charge is 0.493 e. The molecule has 26 heavy (non-hydrogen) atoms. The molecule has 1 aromatic heterocycles. The molecule has 4 rings (SSSR count). The summed E-state index contributed by atoms with van der Waals surface area (Å²) in [5.74, 6) is 2.15. The lowest BCUT2D eigenvalue weighted by Gasteiger charge is -2.09. The molecule has 2 aromatic rings. The van der Waals surface area contributed by atoms with Crippen LogP contribution in [0, 0.1) is 11.3 Å². The molecule has 0 spiro atoms. The number of carbonyl (C=O) groups is 1. The van der Waals surface area contributed by atoms with Crippen LogP contribution in [0.25, 0.3) is 11.6 Å². The third-order valence-electron chi connectivity index (χ3n) is 4.89. The number of benzene rings is 1. The summed E-state index contributed by atoms with van der Waals surface area (Å²) in [4.78, 5) is 12.5. The molecule has 0 radical (unpaired) electrons. The summed E-state index contributed by atoms with van der Waals surface area (Å²) in [5, 5.41) is 12.4. The van der Waals surface area contributed by atoms with Gasteiger partial charge in [0.2, 0.25) is 0 Å². The summed E-state index contributed by atoms with van der Waals surface area (Å²) >= 11 is 0. The van der Waals surface area contributed by atoms with Crippen molar-refractivity contribution in [1.82, 2.24) is 0 Å². The fraction of sp³-hybridized carbons (Fsp3) is 0.300. The average molecular weight is 350 g/mol. The second kappa shape index (κ2) is 6.26. The smallest absolute Gasteiger partial charge is 0.256 e. The maximum absolute atomic E-state index is 12.5. The molecule has 1 amide bonds. The van der Waals surface area contributed by atoms with Crippen molar-refractivity contribution in [3.8, 4) is 17.6 Å². The Balaban J connectivity index is 1.84. The highest BCUT2D eigenvalue weighted by Gasteiger charge is 2.29. The summed E-state index contributed by atoms with van der Waals surface area (Å²) in [6.07, 6.45) is 5.45. The number of hydrogen-bond donors (Lipinski definition) is 1. The predicted molar refractivity (Wildman–Crippen MR) is 96.1 cm³/mol. The highest BCUT2D eigenvalue weighted by Crippen LogP contribution is 2.42. The molecule has 132 valence electrons. The van der Waals surface area contributed by atoms with E-state index in [1.54, 1.807) is 32.4 Å². The maximum Gasteiger partial charge on any atom is 0.256 e. The molecule has 0 atom stereocenters. The zero-order valence-corrected chi connectivity index (χ0v) is 14.6. The molecule has 2 heterocycles. The minimum Gasteiger partial charge on any atom is -0.493 e. The van der Waals surface area contributed by atoms with Crippen molar-refractivity contribution < 1.29 is 18.7 Å². The van der Waals surface area contributed by atoms with Crippen LogP contribution in [0.5, 0.6) is 11.5 Å². The molecule has 2 aliphatic rings. The minimum absolute atomic E-state index is 0.242. The van der Waals surface area contributed by atoms with Gasteiger partial charge in [0.05, 0.1) is 25.5 Å². The van der Waals surface area contributed by atoms with E-state index in [-0.39, 0.29) is 5.91 Å². The van der Waals surface area contributed by atoms with Gasteiger partial charge < -0.3 is 19.2 Å². The van der Waals surface area contributed by atoms with Crippen LogP contribution < -0.4 is 14.8 Å². The van der Waals surface area contributed by atoms with Gasteiger partial charge in [-0.25, -0.2) is 0 Å². The number of aryl methyl sites for hydroxylation is 1. The molecule has 0 unspecified atom stereocenters. The number of carbonyl (C=O) groups excluding carboxylic acids is 1. The first-order chi connectivity index (χ1) is 12.7. The molecule has 1 aromatic carbocycles. The van der Waals surface area contributed by atoms with Gasteiger partial charge in [-0.1, -0.05) is 0 Å². The zero-order chi connectivity index (χ0) is 18.3. The molecule has 6 nitrogen and oxygen atoms in total. The lowest BCUT2D eigenvalue weighted by molar-refractivity contribution is -0.110. The molecule has 0 fully saturated rings. The molecule has 0 saturated carbocycles. The van der Waals surface area contributed by atoms with E-state index in [9.17, 15) is 10.1 Å². The lowest BCUT2D eigenvalue weighted by Crippen LogP contribution is -2.03. The fourth-order valence-electron chi connectivity index (χ4n) is 3.60. The molecular weight excluding hydrogens is 332 g/mol. The van der Waals surface area contributed by atoms with Crippen molar-refractivity contribution in [3.05, 3.63) is 40.3 Å². The Morgan fingerprint density at radius 1 is 1.19 bits per heavy atom. The third kappa shape index (κ3) is 2.44. The third-order valence-corrected chi connectivity index (χ3v) is 4.89. The number of amides is 1. The SMILES string of the molecule is COc1cc2c(cc1OC)C(=Cc1oc3c(c1C#N)CCCC3)C(=O)N2. The first-order valence-electron chi connectivity index (χ1n) is 8.50. The van der Waals surface area contributed by atoms with Crippen molar-refractivity contribution in [1.29, 1.82) is 5.26 Å². The Morgan fingerprint density at radius 3 is 2.65 bits per heavy atom. The molecule has 1 aliphatic heterocycles. The van der Waals surface area contributed by atoms with Crippen LogP contribution in [0.3, 0.4) is 0 Å². The molecule has 0 saturated heterocycles. The van der Waals surface area contributed by atoms with Crippen molar-refractivity contribution in [2.75, 3.05) is 19.5 Å². The highest BCUT2D eigenvalue weighted by atomic mass is 16.5. The molecule has 0 bridgehead atoms. The van der Waals surface area contributed by atoms with Crippen LogP contribution in [-0.2, 0) is 17.6 Å². The first kappa shape index (κ1) is 16.3. The lowest BCUT2D eigenvalue weighted by atomic mass is 9.94. The molecule has 1 aliphatic carbocycles. The fourth-order valence-corrected chi connectivity index (χ4v) is 3.60. The van der Waals surface area contributed by atoms with Gasteiger partial charge in [0.25, 0.3) is 5.91 Å². The van der Waals surface area contributed by atoms with Gasteiger partial charge >= 0.3 is 0 Å². The van der Waals surface area contributed by atoms with E-state index in [1.165, 1.54) is 0 Å². The first-order valence-corrected chi connectivity index (χ1v) is 8.50. The predicted octanol–water partition coefficient (Wildman–Crippen LogP) is 3.54. The van der Waals surface area contributed by atoms with Gasteiger partial charge in [-0.05, 0) is 31.4 Å². The van der Waals surface area contributed by atoms with E-state index in [0.717, 1.165) is 37.0 Å². The Hall–Kier alpha value is -3.20. The van der Waals surface area contributed by atoms with E-state index in [1.807, 2.05) is 0 Å². The van der Waals surface area contributed by atoms with Crippen molar-refractivity contribution in [2.45, 2.75) is 25.7 Å². The van der Waals surface area contributed by atoms with Gasteiger partial charge in [0.1, 0.15) is 23.2 Å². The normalized spacial score (nSPS) is 16.7. The van der Waals surface area contributed by atoms with Crippen molar-refractivity contribution in [2.24, 2.45) is 0 Å². The molecule has 1 N–H and O–H groups in total. The van der Waals surface area contributed by atoms with Crippen molar-refractivity contribution >= 4 is 23.2 Å². The number of anilines is 1. The quantitative estimate of drug-likeness (QED) is 0.856. The topological polar surface area (TPSA) is 84.5 Å². The standard InChI is InChI=1S/C20H18N2O4/c1-24-18-7-12-13(20(23)22-15(12)9-19(18)25-2)8-17-14(10-21)11-5-3-4-6-16(11)26-17/h7-9H,3-6H2,1-2H3,(H,22,23). The number of hydrogen-bond acceptors (Lipinski definition) is 5. The van der Waals surface area contributed by atoms with Gasteiger partial charge in [0, 0.05) is 23.6 Å². The zero-order valence-electron chi connectivity index (χ0n) is 14.6. The Labute approximate surface area is 151 Å². The van der Waals surface area contributed by atoms with E-state index in [0.29, 0.717) is 39.6 Å². The molecular formula is C20H18N2O4. The monoisotopic (exact) mass is 350 g/mol. The van der Waals surface area contributed by atoms with Crippen LogP contribution in [0.2, 0.25) is 0 Å². The van der Waals surface area contributed by atoms with Crippen LogP contribution in [0.4, 0.5) is 5.69 Å². The second-order valence-electron chi connectivity index (χ2n) is 6.33. The summed E-state index contributed by atoms with van der Waals surface area (Å²) < 4.78 is 16.5. The summed E-state index contributed by atoms with van der Waals surface area (Å²) in [6.45, 7) is 0. The summed E-state index contributed by atoms with van der Waals surface area (Å²) in [7, 11) is 3.09. The van der Waals surface area contributed by atoms with Gasteiger partial charge in [-0.15, -0.1) is 0 Å². The van der Waals surface area contributed by atoms with E-state index in [2.05, 4.69) is 11.4 Å². The Kier molecular flexibility index (Phi) is 3.92. The maximum atomic E-state index is 12.5. The number of methoxy groups -OCH3 is 2. The van der Waals surface area contributed by atoms with E-state index >= 15 is 0 Å². The Bertz CT molecular complexity index is 979. The van der Waals surface area contributed by atoms with Crippen molar-refractivity contribution in [3.63, 3.8) is 0 Å². The average Bonchev–Trinajstić information content (AvgIpc) is 3.17. The van der Waals surface area contributed by atoms with Crippen LogP contribution in [-0.4, -0.2) is 20.1 Å². The number of rotatable bonds is 3.